The van der Waals surface area contributed by atoms with E-state index in [2.05, 4.69) is 49.9 Å². The summed E-state index contributed by atoms with van der Waals surface area (Å²) in [5, 5.41) is 9.81. The highest BCUT2D eigenvalue weighted by Gasteiger charge is 2.60. The molecule has 1 N–H and O–H groups in total. The summed E-state index contributed by atoms with van der Waals surface area (Å²) in [5.74, 6) is 0.987. The van der Waals surface area contributed by atoms with Gasteiger partial charge in [0.25, 0.3) is 0 Å². The summed E-state index contributed by atoms with van der Waals surface area (Å²) in [4.78, 5) is 14.4. The molecule has 248 valence electrons. The number of hydrogen-bond donors (Lipinski definition) is 1. The highest BCUT2D eigenvalue weighted by molar-refractivity contribution is 7.89. The summed E-state index contributed by atoms with van der Waals surface area (Å²) in [6, 6.07) is 25.3. The van der Waals surface area contributed by atoms with Crippen molar-refractivity contribution >= 4 is 16.0 Å². The van der Waals surface area contributed by atoms with Crippen molar-refractivity contribution in [1.29, 1.82) is 0 Å². The van der Waals surface area contributed by atoms with E-state index in [1.807, 2.05) is 49.4 Å². The molecule has 0 aromatic heterocycles. The van der Waals surface area contributed by atoms with Gasteiger partial charge in [-0.3, -0.25) is 4.90 Å². The monoisotopic (exact) mass is 648 g/mol. The lowest BCUT2D eigenvalue weighted by molar-refractivity contribution is -0.145. The molecule has 0 bridgehead atoms. The zero-order valence-electron chi connectivity index (χ0n) is 27.5. The number of sulfonamides is 1. The van der Waals surface area contributed by atoms with E-state index in [0.717, 1.165) is 37.2 Å². The molecule has 4 atom stereocenters. The molecule has 3 aromatic carbocycles. The first kappa shape index (κ1) is 33.9. The van der Waals surface area contributed by atoms with Gasteiger partial charge in [0.05, 0.1) is 5.75 Å². The Hall–Kier alpha value is -3.40. The Kier molecular flexibility index (Phi) is 10.8. The second-order valence-electron chi connectivity index (χ2n) is 13.7. The van der Waals surface area contributed by atoms with Crippen molar-refractivity contribution in [3.05, 3.63) is 95.6 Å². The number of unbranched alkanes of at least 4 members (excludes halogenated alkanes) is 1. The fraction of sp³-hybridized carbons (Fsp3) is 0.486. The van der Waals surface area contributed by atoms with Crippen LogP contribution in [0.2, 0.25) is 0 Å². The minimum atomic E-state index is -3.39. The average Bonchev–Trinajstić information content (AvgIpc) is 3.50. The maximum Gasteiger partial charge on any atom is 0.345 e. The van der Waals surface area contributed by atoms with E-state index in [9.17, 15) is 18.3 Å². The third kappa shape index (κ3) is 8.69. The number of aliphatic carboxylic acids is 1. The molecule has 1 saturated heterocycles. The number of hydrogen-bond acceptors (Lipinski definition) is 6. The van der Waals surface area contributed by atoms with Crippen molar-refractivity contribution in [2.24, 2.45) is 11.8 Å². The number of nitrogens with zero attached hydrogens (tertiary/aromatic N) is 2. The van der Waals surface area contributed by atoms with Gasteiger partial charge < -0.3 is 14.6 Å². The molecule has 1 saturated carbocycles. The predicted octanol–water partition coefficient (Wildman–Crippen LogP) is 6.00. The Bertz CT molecular complexity index is 1530. The number of piperidine rings is 1. The molecule has 0 spiro atoms. The van der Waals surface area contributed by atoms with E-state index in [-0.39, 0.29) is 30.2 Å². The molecular formula is C37H48N2O6S. The second-order valence-corrected chi connectivity index (χ2v) is 15.7. The van der Waals surface area contributed by atoms with Crippen molar-refractivity contribution in [2.75, 3.05) is 32.0 Å². The molecule has 0 amide bonds. The zero-order valence-corrected chi connectivity index (χ0v) is 28.3. The lowest BCUT2D eigenvalue weighted by Crippen LogP contribution is -2.42. The molecule has 2 fully saturated rings. The minimum absolute atomic E-state index is 0.00232. The van der Waals surface area contributed by atoms with E-state index in [1.54, 1.807) is 16.4 Å². The van der Waals surface area contributed by atoms with Crippen LogP contribution >= 0.6 is 0 Å². The number of ether oxygens (including phenoxy) is 2. The van der Waals surface area contributed by atoms with Crippen LogP contribution < -0.4 is 9.47 Å². The number of carbonyl (C=O) groups is 1. The van der Waals surface area contributed by atoms with Gasteiger partial charge in [-0.15, -0.1) is 0 Å². The van der Waals surface area contributed by atoms with Crippen molar-refractivity contribution in [2.45, 2.75) is 71.1 Å². The highest BCUT2D eigenvalue weighted by atomic mass is 32.2. The molecule has 3 aromatic rings. The van der Waals surface area contributed by atoms with Crippen LogP contribution in [0.15, 0.2) is 78.9 Å². The molecule has 9 heteroatoms. The molecule has 8 nitrogen and oxygen atoms in total. The summed E-state index contributed by atoms with van der Waals surface area (Å²) < 4.78 is 40.4. The van der Waals surface area contributed by atoms with Gasteiger partial charge in [0, 0.05) is 38.6 Å². The first-order valence-corrected chi connectivity index (χ1v) is 18.0. The van der Waals surface area contributed by atoms with Gasteiger partial charge in [-0.1, -0.05) is 88.7 Å². The standard InChI is InChI=1S/C37H48N2O6S/c1-5-6-22-46(42,43)39(35-32-25-38(26-33(32)35)24-28-10-8-7-9-11-28)20-21-44-30-16-12-27(13-17-30)23-34(36(40)41)45-31-18-14-29(15-19-31)37(2,3)4/h7-19,32-35H,5-6,20-26H2,1-4H3,(H,40,41)/t32-,33?,34-,35?/m0/s1. The van der Waals surface area contributed by atoms with Crippen LogP contribution in [0, 0.1) is 11.8 Å². The molecule has 1 aliphatic carbocycles. The normalized spacial score (nSPS) is 20.3. The zero-order chi connectivity index (χ0) is 32.9. The maximum atomic E-state index is 13.4. The molecule has 46 heavy (non-hydrogen) atoms. The minimum Gasteiger partial charge on any atom is -0.492 e. The molecule has 2 aliphatic rings. The van der Waals surface area contributed by atoms with Crippen LogP contribution in [0.25, 0.3) is 0 Å². The Balaban J connectivity index is 1.14. The lowest BCUT2D eigenvalue weighted by Gasteiger charge is -2.27. The summed E-state index contributed by atoms with van der Waals surface area (Å²) in [5.41, 5.74) is 3.23. The summed E-state index contributed by atoms with van der Waals surface area (Å²) in [7, 11) is -3.39. The Morgan fingerprint density at radius 2 is 1.57 bits per heavy atom. The smallest absolute Gasteiger partial charge is 0.345 e. The van der Waals surface area contributed by atoms with Crippen molar-refractivity contribution in [1.82, 2.24) is 9.21 Å². The van der Waals surface area contributed by atoms with Gasteiger partial charge in [-0.05, 0) is 64.6 Å². The van der Waals surface area contributed by atoms with Crippen molar-refractivity contribution in [3.8, 4) is 11.5 Å². The Labute approximate surface area is 274 Å². The number of benzene rings is 3. The Morgan fingerprint density at radius 3 is 2.15 bits per heavy atom. The van der Waals surface area contributed by atoms with Crippen LogP contribution in [0.5, 0.6) is 11.5 Å². The molecule has 5 rings (SSSR count). The summed E-state index contributed by atoms with van der Waals surface area (Å²) in [6.07, 6.45) is 0.643. The first-order chi connectivity index (χ1) is 21.9. The van der Waals surface area contributed by atoms with Crippen LogP contribution in [-0.4, -0.2) is 72.8 Å². The van der Waals surface area contributed by atoms with E-state index < -0.39 is 22.1 Å². The van der Waals surface area contributed by atoms with E-state index >= 15 is 0 Å². The van der Waals surface area contributed by atoms with E-state index in [0.29, 0.717) is 36.3 Å². The predicted molar refractivity (Wildman–Crippen MR) is 181 cm³/mol. The summed E-state index contributed by atoms with van der Waals surface area (Å²) >= 11 is 0. The number of fused-ring (bicyclic) bond motifs is 1. The van der Waals surface area contributed by atoms with Crippen LogP contribution in [0.1, 0.15) is 57.2 Å². The lowest BCUT2D eigenvalue weighted by atomic mass is 9.87. The van der Waals surface area contributed by atoms with Crippen molar-refractivity contribution in [3.63, 3.8) is 0 Å². The van der Waals surface area contributed by atoms with Gasteiger partial charge >= 0.3 is 5.97 Å². The average molecular weight is 649 g/mol. The second kappa shape index (κ2) is 14.6. The molecule has 0 radical (unpaired) electrons. The fourth-order valence-electron chi connectivity index (χ4n) is 6.46. The quantitative estimate of drug-likeness (QED) is 0.204. The number of carboxylic acids is 1. The molecule has 1 heterocycles. The molecular weight excluding hydrogens is 600 g/mol. The third-order valence-electron chi connectivity index (χ3n) is 9.12. The maximum absolute atomic E-state index is 13.4. The fourth-order valence-corrected chi connectivity index (χ4v) is 8.39. The van der Waals surface area contributed by atoms with Gasteiger partial charge in [0.2, 0.25) is 10.0 Å². The highest BCUT2D eigenvalue weighted by Crippen LogP contribution is 2.50. The number of carboxylic acid groups (broad SMARTS) is 1. The number of likely N-dealkylation sites (tertiary alicyclic amines) is 1. The van der Waals surface area contributed by atoms with Gasteiger partial charge in [0.1, 0.15) is 18.1 Å². The Morgan fingerprint density at radius 1 is 0.935 bits per heavy atom. The van der Waals surface area contributed by atoms with E-state index in [4.69, 9.17) is 9.47 Å². The topological polar surface area (TPSA) is 96.4 Å². The third-order valence-corrected chi connectivity index (χ3v) is 11.1. The van der Waals surface area contributed by atoms with Crippen LogP contribution in [0.4, 0.5) is 0 Å². The molecule has 2 unspecified atom stereocenters. The first-order valence-electron chi connectivity index (χ1n) is 16.4. The van der Waals surface area contributed by atoms with Crippen LogP contribution in [0.3, 0.4) is 0 Å². The largest absolute Gasteiger partial charge is 0.492 e. The SMILES string of the molecule is CCCCS(=O)(=O)N(CCOc1ccc(C[C@H](Oc2ccc(C(C)(C)C)cc2)C(=O)O)cc1)C1C2CN(Cc3ccccc3)C[C@@H]21. The van der Waals surface area contributed by atoms with Gasteiger partial charge in [-0.25, -0.2) is 13.2 Å². The van der Waals surface area contributed by atoms with Crippen LogP contribution in [-0.2, 0) is 33.2 Å². The molecule has 1 aliphatic heterocycles. The van der Waals surface area contributed by atoms with E-state index in [1.165, 1.54) is 5.56 Å². The number of rotatable bonds is 16. The van der Waals surface area contributed by atoms with Crippen molar-refractivity contribution < 1.29 is 27.8 Å². The summed E-state index contributed by atoms with van der Waals surface area (Å²) in [6.45, 7) is 11.7. The van der Waals surface area contributed by atoms with Gasteiger partial charge in [0.15, 0.2) is 6.10 Å². The van der Waals surface area contributed by atoms with Gasteiger partial charge in [-0.2, -0.15) is 4.31 Å².